The maximum atomic E-state index is 14.3. The molecule has 0 bridgehead atoms. The number of nitrogens with two attached hydrogens (primary N) is 1. The lowest BCUT2D eigenvalue weighted by molar-refractivity contribution is -0.138. The highest BCUT2D eigenvalue weighted by atomic mass is 16.3. The number of likely N-dealkylation sites (tertiary alicyclic amines) is 1. The summed E-state index contributed by atoms with van der Waals surface area (Å²) in [6.45, 7) is 4.16. The molecule has 4 fully saturated rings. The van der Waals surface area contributed by atoms with E-state index < -0.39 is 35.1 Å². The number of hydrogen-bond donors (Lipinski definition) is 4. The highest BCUT2D eigenvalue weighted by Crippen LogP contribution is 2.40. The number of carbonyl (C=O) groups is 6. The Balaban J connectivity index is 0.768. The molecule has 6 heterocycles. The van der Waals surface area contributed by atoms with E-state index in [-0.39, 0.29) is 59.2 Å². The first-order valence-electron chi connectivity index (χ1n) is 21.9. The Labute approximate surface area is 364 Å². The number of hydrogen-bond acceptors (Lipinski definition) is 12. The van der Waals surface area contributed by atoms with Gasteiger partial charge in [0, 0.05) is 69.4 Å². The van der Waals surface area contributed by atoms with Crippen molar-refractivity contribution >= 4 is 52.6 Å². The number of para-hydroxylation sites is 1. The molecule has 5 aliphatic heterocycles. The van der Waals surface area contributed by atoms with Gasteiger partial charge in [0.25, 0.3) is 11.8 Å². The largest absolute Gasteiger partial charge is 0.507 e. The fraction of sp³-hybridized carbons (Fsp3) is 0.404. The normalized spacial score (nSPS) is 20.7. The van der Waals surface area contributed by atoms with Crippen LogP contribution in [0.5, 0.6) is 5.75 Å². The van der Waals surface area contributed by atoms with Crippen LogP contribution in [0.4, 0.5) is 17.2 Å². The molecule has 16 nitrogen and oxygen atoms in total. The molecule has 4 aromatic rings. The van der Waals surface area contributed by atoms with Gasteiger partial charge in [-0.25, -0.2) is 0 Å². The number of rotatable bonds is 9. The van der Waals surface area contributed by atoms with E-state index in [9.17, 15) is 33.9 Å². The predicted octanol–water partition coefficient (Wildman–Crippen LogP) is 3.64. The van der Waals surface area contributed by atoms with Crippen LogP contribution in [0.1, 0.15) is 77.6 Å². The van der Waals surface area contributed by atoms with Crippen LogP contribution in [0.2, 0.25) is 0 Å². The number of phenols is 1. The number of benzene rings is 3. The summed E-state index contributed by atoms with van der Waals surface area (Å²) in [5.41, 5.74) is 9.63. The molecule has 5 N–H and O–H groups in total. The van der Waals surface area contributed by atoms with Crippen LogP contribution in [-0.4, -0.2) is 112 Å². The zero-order valence-corrected chi connectivity index (χ0v) is 35.0. The number of nitrogen functional groups attached to an aromatic ring is 1. The van der Waals surface area contributed by atoms with Crippen molar-refractivity contribution in [3.63, 3.8) is 0 Å². The van der Waals surface area contributed by atoms with Crippen molar-refractivity contribution in [1.82, 2.24) is 30.6 Å². The highest BCUT2D eigenvalue weighted by Gasteiger charge is 2.46. The molecule has 16 heteroatoms. The van der Waals surface area contributed by atoms with Crippen molar-refractivity contribution < 1.29 is 33.9 Å². The Kier molecular flexibility index (Phi) is 11.3. The molecule has 1 atom stereocenters. The first-order chi connectivity index (χ1) is 30.5. The maximum Gasteiger partial charge on any atom is 0.262 e. The van der Waals surface area contributed by atoms with Crippen LogP contribution in [0.15, 0.2) is 78.9 Å². The predicted molar refractivity (Wildman–Crippen MR) is 233 cm³/mol. The van der Waals surface area contributed by atoms with Crippen molar-refractivity contribution in [2.75, 3.05) is 61.3 Å². The Morgan fingerprint density at radius 3 is 2.17 bits per heavy atom. The molecule has 5 aliphatic rings. The van der Waals surface area contributed by atoms with Gasteiger partial charge < -0.3 is 30.9 Å². The number of phenolic OH excluding ortho intramolecular Hbond substituents is 1. The average molecular weight is 854 g/mol. The van der Waals surface area contributed by atoms with Gasteiger partial charge in [-0.1, -0.05) is 42.5 Å². The fourth-order valence-electron chi connectivity index (χ4n) is 10.1. The average Bonchev–Trinajstić information content (AvgIpc) is 3.56. The van der Waals surface area contributed by atoms with Crippen molar-refractivity contribution in [2.24, 2.45) is 11.8 Å². The minimum Gasteiger partial charge on any atom is -0.507 e. The summed E-state index contributed by atoms with van der Waals surface area (Å²) in [6, 6.07) is 22.9. The Hall–Kier alpha value is -6.84. The number of aromatic hydroxyl groups is 1. The number of aromatic nitrogens is 2. The van der Waals surface area contributed by atoms with Crippen molar-refractivity contribution in [1.29, 1.82) is 0 Å². The van der Waals surface area contributed by atoms with Gasteiger partial charge in [0.05, 0.1) is 27.9 Å². The number of carbonyl (C=O) groups excluding carboxylic acids is 6. The summed E-state index contributed by atoms with van der Waals surface area (Å²) in [6.07, 6.45) is 4.19. The van der Waals surface area contributed by atoms with Crippen LogP contribution < -0.4 is 26.2 Å². The summed E-state index contributed by atoms with van der Waals surface area (Å²) in [7, 11) is 0. The molecule has 326 valence electrons. The first kappa shape index (κ1) is 41.5. The molecule has 1 aromatic heterocycles. The number of nitrogens with zero attached hydrogens (tertiary/aromatic N) is 6. The third kappa shape index (κ3) is 7.93. The molecule has 6 amide bonds. The third-order valence-corrected chi connectivity index (χ3v) is 13.8. The molecular weight excluding hydrogens is 803 g/mol. The van der Waals surface area contributed by atoms with Gasteiger partial charge in [-0.2, -0.15) is 0 Å². The van der Waals surface area contributed by atoms with Crippen LogP contribution in [-0.2, 0) is 24.6 Å². The zero-order valence-electron chi connectivity index (χ0n) is 35.0. The summed E-state index contributed by atoms with van der Waals surface area (Å²) >= 11 is 0. The Morgan fingerprint density at radius 2 is 1.46 bits per heavy atom. The molecule has 0 spiro atoms. The minimum atomic E-state index is -1.02. The van der Waals surface area contributed by atoms with Crippen LogP contribution in [0.3, 0.4) is 0 Å². The van der Waals surface area contributed by atoms with E-state index in [1.165, 1.54) is 0 Å². The summed E-state index contributed by atoms with van der Waals surface area (Å²) in [4.78, 5) is 85.9. The third-order valence-electron chi connectivity index (χ3n) is 13.8. The van der Waals surface area contributed by atoms with Crippen LogP contribution in [0.25, 0.3) is 11.3 Å². The lowest BCUT2D eigenvalue weighted by atomic mass is 9.71. The number of fused-ring (bicyclic) bond motifs is 1. The quantitative estimate of drug-likeness (QED) is 0.178. The summed E-state index contributed by atoms with van der Waals surface area (Å²) in [5.74, 6) is -1.46. The molecule has 4 saturated heterocycles. The summed E-state index contributed by atoms with van der Waals surface area (Å²) in [5, 5.41) is 24.4. The van der Waals surface area contributed by atoms with E-state index in [1.807, 2.05) is 47.4 Å². The van der Waals surface area contributed by atoms with E-state index in [2.05, 4.69) is 30.6 Å². The highest BCUT2D eigenvalue weighted by molar-refractivity contribution is 6.23. The number of anilines is 3. The molecule has 1 unspecified atom stereocenters. The van der Waals surface area contributed by atoms with E-state index in [0.29, 0.717) is 88.4 Å². The number of imide groups is 2. The maximum absolute atomic E-state index is 14.3. The molecule has 0 saturated carbocycles. The Bertz CT molecular complexity index is 2460. The molecule has 63 heavy (non-hydrogen) atoms. The SMILES string of the molecule is Nc1nnc(-c2ccccc2O)cc1N1CCC(C(=O)NCC2CCN(C(=O)C3CCN(c4ccc5c(c4)C(=O)N(C4CCC(=O)NC4=O)C5=O)CC3)CC2)(c2ccccc2)CC1. The monoisotopic (exact) mass is 853 g/mol. The van der Waals surface area contributed by atoms with E-state index >= 15 is 0 Å². The van der Waals surface area contributed by atoms with E-state index in [4.69, 9.17) is 5.73 Å². The van der Waals surface area contributed by atoms with Crippen molar-refractivity contribution in [3.05, 3.63) is 95.6 Å². The lowest BCUT2D eigenvalue weighted by Crippen LogP contribution is -2.54. The molecule has 3 aromatic carbocycles. The zero-order chi connectivity index (χ0) is 43.8. The molecule has 0 aliphatic carbocycles. The Morgan fingerprint density at radius 1 is 0.762 bits per heavy atom. The molecule has 9 rings (SSSR count). The van der Waals surface area contributed by atoms with Gasteiger partial charge in [0.15, 0.2) is 5.82 Å². The molecular formula is C47H51N9O7. The second-order valence-electron chi connectivity index (χ2n) is 17.4. The van der Waals surface area contributed by atoms with Crippen LogP contribution >= 0.6 is 0 Å². The van der Waals surface area contributed by atoms with Gasteiger partial charge in [-0.15, -0.1) is 10.2 Å². The number of piperidine rings is 4. The van der Waals surface area contributed by atoms with Crippen LogP contribution in [0, 0.1) is 11.8 Å². The number of nitrogens with one attached hydrogen (secondary N) is 2. The van der Waals surface area contributed by atoms with Gasteiger partial charge in [-0.3, -0.25) is 39.0 Å². The molecule has 0 radical (unpaired) electrons. The van der Waals surface area contributed by atoms with Gasteiger partial charge in [-0.05, 0) is 92.8 Å². The second-order valence-corrected chi connectivity index (χ2v) is 17.4. The smallest absolute Gasteiger partial charge is 0.262 e. The number of amides is 6. The fourth-order valence-corrected chi connectivity index (χ4v) is 10.1. The first-order valence-corrected chi connectivity index (χ1v) is 21.9. The van der Waals surface area contributed by atoms with Gasteiger partial charge in [0.2, 0.25) is 23.6 Å². The van der Waals surface area contributed by atoms with Crippen molar-refractivity contribution in [3.8, 4) is 17.0 Å². The minimum absolute atomic E-state index is 0.000292. The topological polar surface area (TPSA) is 211 Å². The van der Waals surface area contributed by atoms with Gasteiger partial charge >= 0.3 is 0 Å². The van der Waals surface area contributed by atoms with Crippen molar-refractivity contribution in [2.45, 2.75) is 62.8 Å². The standard InChI is InChI=1S/C47H51N9O7/c48-41-38(27-36(51-52-41)34-8-4-5-9-39(34)57)54-24-18-47(19-25-54,31-6-2-1-3-7-31)46(63)49-28-29-14-20-55(21-15-29)43(60)30-16-22-53(23-17-30)32-10-11-33-35(26-32)45(62)56(44(33)61)37-12-13-40(58)50-42(37)59/h1-11,26-27,29-30,37,57H,12-25,28H2,(H2,48,52)(H,49,63)(H,50,58,59). The second kappa shape index (κ2) is 17.1. The van der Waals surface area contributed by atoms with E-state index in [0.717, 1.165) is 29.0 Å². The summed E-state index contributed by atoms with van der Waals surface area (Å²) < 4.78 is 0. The van der Waals surface area contributed by atoms with Gasteiger partial charge in [0.1, 0.15) is 11.8 Å². The van der Waals surface area contributed by atoms with E-state index in [1.54, 1.807) is 36.4 Å². The lowest BCUT2D eigenvalue weighted by Gasteiger charge is -2.42.